The van der Waals surface area contributed by atoms with Crippen LogP contribution in [0.15, 0.2) is 176 Å². The third-order valence-corrected chi connectivity index (χ3v) is 12.2. The molecule has 8 heteroatoms. The summed E-state index contributed by atoms with van der Waals surface area (Å²) < 4.78 is 19.8. The maximum atomic E-state index is 6.73. The molecule has 6 nitrogen and oxygen atoms in total. The van der Waals surface area contributed by atoms with Gasteiger partial charge in [-0.2, -0.15) is 0 Å². The van der Waals surface area contributed by atoms with Crippen LogP contribution in [0.1, 0.15) is 0 Å². The molecule has 0 radical (unpaired) electrons. The summed E-state index contributed by atoms with van der Waals surface area (Å²) in [7, 11) is 4.36. The monoisotopic (exact) mass is 747 g/mol. The molecular formula is C50H35B2N3O3. The van der Waals surface area contributed by atoms with E-state index in [9.17, 15) is 0 Å². The number of anilines is 7. The van der Waals surface area contributed by atoms with Gasteiger partial charge < -0.3 is 28.9 Å². The van der Waals surface area contributed by atoms with E-state index in [-0.39, 0.29) is 13.4 Å². The lowest BCUT2D eigenvalue weighted by Crippen LogP contribution is -2.64. The Labute approximate surface area is 338 Å². The highest BCUT2D eigenvalue weighted by atomic mass is 16.5. The summed E-state index contributed by atoms with van der Waals surface area (Å²) in [5.74, 6) is 4.79. The van der Waals surface area contributed by atoms with Crippen LogP contribution in [0, 0.1) is 0 Å². The predicted molar refractivity (Wildman–Crippen MR) is 239 cm³/mol. The Morgan fingerprint density at radius 2 is 0.897 bits per heavy atom. The number of para-hydroxylation sites is 5. The first-order chi connectivity index (χ1) is 28.6. The normalized spacial score (nSPS) is 13.7. The molecule has 0 N–H and O–H groups in total. The van der Waals surface area contributed by atoms with Gasteiger partial charge in [0.15, 0.2) is 0 Å². The highest BCUT2D eigenvalue weighted by molar-refractivity contribution is 7.02. The first kappa shape index (κ1) is 32.9. The Hall–Kier alpha value is -7.31. The van der Waals surface area contributed by atoms with Gasteiger partial charge in [-0.05, 0) is 87.4 Å². The fourth-order valence-electron chi connectivity index (χ4n) is 9.68. The first-order valence-corrected chi connectivity index (χ1v) is 19.8. The molecule has 0 saturated carbocycles. The summed E-state index contributed by atoms with van der Waals surface area (Å²) >= 11 is 0. The zero-order valence-corrected chi connectivity index (χ0v) is 32.0. The number of rotatable bonds is 5. The molecule has 12 rings (SSSR count). The van der Waals surface area contributed by atoms with Crippen LogP contribution in [0.5, 0.6) is 34.5 Å². The summed E-state index contributed by atoms with van der Waals surface area (Å²) in [6, 6.07) is 61.6. The van der Waals surface area contributed by atoms with Crippen LogP contribution in [-0.4, -0.2) is 27.5 Å². The van der Waals surface area contributed by atoms with Crippen molar-refractivity contribution in [3.8, 4) is 34.5 Å². The van der Waals surface area contributed by atoms with E-state index in [1.807, 2.05) is 66.7 Å². The largest absolute Gasteiger partial charge is 0.458 e. The number of fused-ring (bicyclic) bond motifs is 8. The third kappa shape index (κ3) is 4.88. The smallest absolute Gasteiger partial charge is 0.256 e. The van der Waals surface area contributed by atoms with Gasteiger partial charge in [0, 0.05) is 78.2 Å². The second kappa shape index (κ2) is 12.6. The van der Waals surface area contributed by atoms with Crippen LogP contribution in [0.3, 0.4) is 0 Å². The van der Waals surface area contributed by atoms with Crippen LogP contribution in [-0.2, 0) is 0 Å². The Morgan fingerprint density at radius 1 is 0.379 bits per heavy atom. The average Bonchev–Trinajstić information content (AvgIpc) is 3.26. The van der Waals surface area contributed by atoms with Gasteiger partial charge in [0.1, 0.15) is 34.5 Å². The lowest BCUT2D eigenvalue weighted by Gasteiger charge is -2.45. The van der Waals surface area contributed by atoms with Crippen molar-refractivity contribution in [2.75, 3.05) is 28.8 Å². The van der Waals surface area contributed by atoms with Crippen molar-refractivity contribution < 1.29 is 14.2 Å². The van der Waals surface area contributed by atoms with Gasteiger partial charge in [0.05, 0.1) is 0 Å². The summed E-state index contributed by atoms with van der Waals surface area (Å²) in [5, 5.41) is 0. The molecule has 0 atom stereocenters. The van der Waals surface area contributed by atoms with Crippen molar-refractivity contribution in [1.82, 2.24) is 0 Å². The minimum absolute atomic E-state index is 0.0219. The van der Waals surface area contributed by atoms with E-state index in [0.717, 1.165) is 85.2 Å². The third-order valence-electron chi connectivity index (χ3n) is 12.2. The fraction of sp³-hybridized carbons (Fsp3) is 0.0400. The summed E-state index contributed by atoms with van der Waals surface area (Å²) in [4.78, 5) is 7.08. The van der Waals surface area contributed by atoms with Gasteiger partial charge in [-0.1, -0.05) is 97.1 Å². The van der Waals surface area contributed by atoms with Crippen molar-refractivity contribution in [1.29, 1.82) is 0 Å². The molecule has 0 aromatic heterocycles. The highest BCUT2D eigenvalue weighted by Gasteiger charge is 2.46. The lowest BCUT2D eigenvalue weighted by atomic mass is 9.30. The van der Waals surface area contributed by atoms with Crippen LogP contribution in [0.2, 0.25) is 0 Å². The van der Waals surface area contributed by atoms with Gasteiger partial charge in [-0.3, -0.25) is 0 Å². The van der Waals surface area contributed by atoms with E-state index in [1.54, 1.807) is 0 Å². The zero-order valence-electron chi connectivity index (χ0n) is 32.0. The first-order valence-electron chi connectivity index (χ1n) is 19.8. The molecule has 0 spiro atoms. The number of hydrogen-bond donors (Lipinski definition) is 0. The van der Waals surface area contributed by atoms with Crippen molar-refractivity contribution in [2.24, 2.45) is 0 Å². The van der Waals surface area contributed by atoms with E-state index in [4.69, 9.17) is 14.2 Å². The quantitative estimate of drug-likeness (QED) is 0.165. The Balaban J connectivity index is 1.09. The van der Waals surface area contributed by atoms with Gasteiger partial charge in [-0.15, -0.1) is 0 Å². The topological polar surface area (TPSA) is 37.4 Å². The highest BCUT2D eigenvalue weighted by Crippen LogP contribution is 2.45. The summed E-state index contributed by atoms with van der Waals surface area (Å²) in [5.41, 5.74) is 15.3. The Bertz CT molecular complexity index is 2940. The molecule has 0 unspecified atom stereocenters. The molecule has 58 heavy (non-hydrogen) atoms. The van der Waals surface area contributed by atoms with Crippen LogP contribution >= 0.6 is 0 Å². The van der Waals surface area contributed by atoms with E-state index < -0.39 is 0 Å². The second-order valence-electron chi connectivity index (χ2n) is 15.4. The fourth-order valence-corrected chi connectivity index (χ4v) is 9.68. The number of ether oxygens (including phenoxy) is 3. The molecule has 8 aromatic rings. The van der Waals surface area contributed by atoms with E-state index in [0.29, 0.717) is 0 Å². The molecule has 0 saturated heterocycles. The van der Waals surface area contributed by atoms with Gasteiger partial charge in [0.2, 0.25) is 0 Å². The summed E-state index contributed by atoms with van der Waals surface area (Å²) in [6.45, 7) is -0.0592. The SMILES string of the molecule is CN1c2cc3c(cc2B2c4ccccc4Oc4cc(Oc5ccccc5)cc1c42)B1c2ccccc2N(c2ccccc2)c2cc(Oc4ccccc4)cc(c21)N3C. The maximum Gasteiger partial charge on any atom is 0.256 e. The lowest BCUT2D eigenvalue weighted by molar-refractivity contribution is 0.463. The van der Waals surface area contributed by atoms with Crippen molar-refractivity contribution in [3.05, 3.63) is 176 Å². The Kier molecular flexibility index (Phi) is 7.14. The number of nitrogens with zero attached hydrogens (tertiary/aromatic N) is 3. The molecule has 0 amide bonds. The molecular weight excluding hydrogens is 712 g/mol. The molecule has 0 fully saturated rings. The van der Waals surface area contributed by atoms with E-state index in [2.05, 4.69) is 138 Å². The van der Waals surface area contributed by atoms with Gasteiger partial charge in [0.25, 0.3) is 13.4 Å². The number of benzene rings is 8. The predicted octanol–water partition coefficient (Wildman–Crippen LogP) is 8.36. The van der Waals surface area contributed by atoms with E-state index in [1.165, 1.54) is 21.9 Å². The Morgan fingerprint density at radius 3 is 1.57 bits per heavy atom. The molecule has 4 heterocycles. The molecule has 4 aliphatic rings. The molecule has 4 aliphatic heterocycles. The van der Waals surface area contributed by atoms with Crippen molar-refractivity contribution >= 4 is 86.0 Å². The minimum atomic E-state index is -0.0373. The molecule has 0 bridgehead atoms. The maximum absolute atomic E-state index is 6.73. The molecule has 8 aromatic carbocycles. The average molecular weight is 747 g/mol. The van der Waals surface area contributed by atoms with Crippen molar-refractivity contribution in [3.63, 3.8) is 0 Å². The van der Waals surface area contributed by atoms with Gasteiger partial charge in [-0.25, -0.2) is 0 Å². The van der Waals surface area contributed by atoms with Crippen LogP contribution in [0.25, 0.3) is 0 Å². The second-order valence-corrected chi connectivity index (χ2v) is 15.4. The molecule has 274 valence electrons. The standard InChI is InChI=1S/C50H35B2N3O3/c1-53-42-31-43-40(52-38-23-13-15-25-47(38)58-48-29-36(27-45(50(48)52)54(43)2)57-34-20-10-5-11-21-34)30-39(42)51-37-22-12-14-24-41(37)55(32-16-6-3-7-17-32)46-28-35(26-44(53)49(46)51)56-33-18-8-4-9-19-33/h3-31H,1-2H3. The number of hydrogen-bond acceptors (Lipinski definition) is 6. The van der Waals surface area contributed by atoms with Crippen molar-refractivity contribution in [2.45, 2.75) is 0 Å². The van der Waals surface area contributed by atoms with Crippen LogP contribution < -0.4 is 61.7 Å². The zero-order chi connectivity index (χ0) is 38.5. The molecule has 0 aliphatic carbocycles. The van der Waals surface area contributed by atoms with Gasteiger partial charge >= 0.3 is 0 Å². The summed E-state index contributed by atoms with van der Waals surface area (Å²) in [6.07, 6.45) is 0. The van der Waals surface area contributed by atoms with E-state index >= 15 is 0 Å². The van der Waals surface area contributed by atoms with Crippen LogP contribution in [0.4, 0.5) is 39.8 Å². The minimum Gasteiger partial charge on any atom is -0.458 e.